The molecule has 0 saturated heterocycles. The van der Waals surface area contributed by atoms with Crippen molar-refractivity contribution in [1.82, 2.24) is 0 Å². The maximum Gasteiger partial charge on any atom is 0.183 e. The first-order chi connectivity index (χ1) is 4.88. The number of halogens is 1. The van der Waals surface area contributed by atoms with Gasteiger partial charge in [-0.25, -0.2) is 5.41 Å². The van der Waals surface area contributed by atoms with Crippen molar-refractivity contribution >= 4 is 41.7 Å². The van der Waals surface area contributed by atoms with Crippen molar-refractivity contribution in [3.8, 4) is 0 Å². The van der Waals surface area contributed by atoms with E-state index in [1.54, 1.807) is 5.16 Å². The molecule has 7 nitrogen and oxygen atoms in total. The van der Waals surface area contributed by atoms with Gasteiger partial charge in [0.2, 0.25) is 0 Å². The Bertz CT molecular complexity index is 131. The van der Waals surface area contributed by atoms with E-state index in [0.29, 0.717) is 0 Å². The van der Waals surface area contributed by atoms with Gasteiger partial charge in [0, 0.05) is 0 Å². The lowest BCUT2D eigenvalue weighted by Gasteiger charge is -1.69. The summed E-state index contributed by atoms with van der Waals surface area (Å²) in [5.41, 5.74) is 17.9. The summed E-state index contributed by atoms with van der Waals surface area (Å²) in [5.74, 6) is -0.667. The van der Waals surface area contributed by atoms with Crippen LogP contribution >= 0.6 is 24.6 Å². The van der Waals surface area contributed by atoms with Gasteiger partial charge >= 0.3 is 0 Å². The van der Waals surface area contributed by atoms with Gasteiger partial charge in [0.25, 0.3) is 0 Å². The summed E-state index contributed by atoms with van der Waals surface area (Å²) in [5, 5.41) is 19.5. The average Bonchev–Trinajstić information content (AvgIpc) is 1.60. The van der Waals surface area contributed by atoms with Gasteiger partial charge in [-0.05, 0) is 12.2 Å². The Morgan fingerprint density at radius 3 is 1.00 bits per heavy atom. The van der Waals surface area contributed by atoms with Gasteiger partial charge in [0.05, 0.1) is 5.16 Å². The summed E-state index contributed by atoms with van der Waals surface area (Å²) in [6.45, 7) is 0. The van der Waals surface area contributed by atoms with E-state index in [1.807, 2.05) is 0 Å². The van der Waals surface area contributed by atoms with E-state index >= 15 is 0 Å². The maximum atomic E-state index is 6.06. The van der Waals surface area contributed by atoms with E-state index in [4.69, 9.17) is 16.2 Å². The molecule has 0 heterocycles. The molecule has 12 heavy (non-hydrogen) atoms. The summed E-state index contributed by atoms with van der Waals surface area (Å²) in [6.07, 6.45) is 0. The lowest BCUT2D eigenvalue weighted by molar-refractivity contribution is 1.38. The molecule has 11 N–H and O–H groups in total. The van der Waals surface area contributed by atoms with Crippen LogP contribution in [-0.2, 0) is 0 Å². The molecule has 0 radical (unpaired) electrons. The Morgan fingerprint density at radius 2 is 1.00 bits per heavy atom. The predicted octanol–water partition coefficient (Wildman–Crippen LogP) is -1.23. The fraction of sp³-hybridized carbons (Fsp3) is 0. The van der Waals surface area contributed by atoms with Crippen LogP contribution in [0.25, 0.3) is 0 Å². The van der Waals surface area contributed by atoms with Gasteiger partial charge in [0.1, 0.15) is 0 Å². The van der Waals surface area contributed by atoms with Gasteiger partial charge in [-0.15, -0.1) is 12.4 Å². The van der Waals surface area contributed by atoms with Crippen molar-refractivity contribution in [2.45, 2.75) is 0 Å². The third kappa shape index (κ3) is 268. The lowest BCUT2D eigenvalue weighted by atomic mass is 11.1. The Labute approximate surface area is 81.4 Å². The molecule has 0 aliphatic carbocycles. The molecule has 0 aromatic heterocycles. The van der Waals surface area contributed by atoms with Gasteiger partial charge < -0.3 is 22.9 Å². The second kappa shape index (κ2) is 22.6. The van der Waals surface area contributed by atoms with Gasteiger partial charge in [0.15, 0.2) is 11.9 Å². The van der Waals surface area contributed by atoms with Crippen molar-refractivity contribution in [2.75, 3.05) is 0 Å². The summed E-state index contributed by atoms with van der Waals surface area (Å²) in [6, 6.07) is 0. The SMILES string of the molecule is Cl.N=C(N)N.N=C(N)N.N=C=S. The molecule has 0 bridgehead atoms. The summed E-state index contributed by atoms with van der Waals surface area (Å²) >= 11 is 3.81. The van der Waals surface area contributed by atoms with E-state index in [9.17, 15) is 0 Å². The molecule has 0 rings (SSSR count). The zero-order valence-electron chi connectivity index (χ0n) is 6.13. The number of rotatable bonds is 0. The van der Waals surface area contributed by atoms with Crippen molar-refractivity contribution in [1.29, 1.82) is 16.2 Å². The predicted molar refractivity (Wildman–Crippen MR) is 54.8 cm³/mol. The third-order valence-corrected chi connectivity index (χ3v) is 0. The lowest BCUT2D eigenvalue weighted by Crippen LogP contribution is -2.20. The second-order valence-corrected chi connectivity index (χ2v) is 1.22. The van der Waals surface area contributed by atoms with Crippen molar-refractivity contribution < 1.29 is 0 Å². The molecule has 9 heteroatoms. The zero-order chi connectivity index (χ0) is 9.86. The van der Waals surface area contributed by atoms with Crippen LogP contribution in [0.1, 0.15) is 0 Å². The van der Waals surface area contributed by atoms with Crippen LogP contribution in [0.3, 0.4) is 0 Å². The van der Waals surface area contributed by atoms with Crippen LogP contribution in [0.5, 0.6) is 0 Å². The first kappa shape index (κ1) is 22.4. The highest BCUT2D eigenvalue weighted by atomic mass is 35.5. The van der Waals surface area contributed by atoms with Gasteiger partial charge in [-0.2, -0.15) is 0 Å². The van der Waals surface area contributed by atoms with Crippen molar-refractivity contribution in [2.24, 2.45) is 22.9 Å². The molecule has 0 aliphatic rings. The Hall–Kier alpha value is -1.37. The van der Waals surface area contributed by atoms with Gasteiger partial charge in [-0.3, -0.25) is 10.8 Å². The van der Waals surface area contributed by atoms with E-state index in [2.05, 4.69) is 35.2 Å². The minimum atomic E-state index is -0.333. The highest BCUT2D eigenvalue weighted by molar-refractivity contribution is 7.78. The summed E-state index contributed by atoms with van der Waals surface area (Å²) < 4.78 is 0. The monoisotopic (exact) mass is 213 g/mol. The largest absolute Gasteiger partial charge is 0.370 e. The Balaban J connectivity index is -0.0000000389. The fourth-order valence-corrected chi connectivity index (χ4v) is 0. The number of nitrogens with two attached hydrogens (primary N) is 4. The Morgan fingerprint density at radius 1 is 1.00 bits per heavy atom. The molecule has 0 aliphatic heterocycles. The standard InChI is InChI=1S/2CH5N3.CHNS.ClH/c2*2-1(3)4;2-1-3;/h2*(H5,2,3,4);2H;1H. The van der Waals surface area contributed by atoms with Crippen LogP contribution in [-0.4, -0.2) is 17.1 Å². The van der Waals surface area contributed by atoms with Crippen molar-refractivity contribution in [3.05, 3.63) is 0 Å². The number of thiocarbonyl (C=S) groups is 1. The highest BCUT2D eigenvalue weighted by Gasteiger charge is 1.52. The van der Waals surface area contributed by atoms with E-state index in [0.717, 1.165) is 0 Å². The van der Waals surface area contributed by atoms with Crippen LogP contribution in [0, 0.1) is 16.2 Å². The molecule has 72 valence electrons. The molecule has 0 unspecified atom stereocenters. The quantitative estimate of drug-likeness (QED) is 0.151. The number of hydrogen-bond donors (Lipinski definition) is 7. The zero-order valence-corrected chi connectivity index (χ0v) is 7.76. The first-order valence-electron chi connectivity index (χ1n) is 2.11. The normalized spacial score (nSPS) is 4.67. The van der Waals surface area contributed by atoms with E-state index < -0.39 is 0 Å². The van der Waals surface area contributed by atoms with Gasteiger partial charge in [-0.1, -0.05) is 0 Å². The maximum absolute atomic E-state index is 6.06. The third-order valence-electron chi connectivity index (χ3n) is 0. The topological polar surface area (TPSA) is 176 Å². The number of hydrogen-bond acceptors (Lipinski definition) is 4. The van der Waals surface area contributed by atoms with Crippen LogP contribution in [0.15, 0.2) is 0 Å². The summed E-state index contributed by atoms with van der Waals surface area (Å²) in [7, 11) is 0. The van der Waals surface area contributed by atoms with Crippen LogP contribution in [0.2, 0.25) is 0 Å². The molecule has 0 aromatic rings. The molecule has 0 spiro atoms. The molecular formula is C3H12ClN7S. The molecule has 0 saturated carbocycles. The number of guanidine groups is 2. The molecule has 0 amide bonds. The molecule has 0 fully saturated rings. The first-order valence-corrected chi connectivity index (χ1v) is 2.52. The minimum Gasteiger partial charge on any atom is -0.370 e. The van der Waals surface area contributed by atoms with E-state index in [1.165, 1.54) is 0 Å². The minimum absolute atomic E-state index is 0. The molecule has 0 aromatic carbocycles. The fourth-order valence-electron chi connectivity index (χ4n) is 0. The van der Waals surface area contributed by atoms with Crippen LogP contribution in [0.4, 0.5) is 0 Å². The number of isothiocyanates is 1. The number of nitrogens with one attached hydrogen (secondary N) is 3. The van der Waals surface area contributed by atoms with Crippen molar-refractivity contribution in [3.63, 3.8) is 0 Å². The Kier molecular flexibility index (Phi) is 42.3. The highest BCUT2D eigenvalue weighted by Crippen LogP contribution is 1.16. The molecule has 0 atom stereocenters. The average molecular weight is 214 g/mol. The summed E-state index contributed by atoms with van der Waals surface area (Å²) in [4.78, 5) is 0. The second-order valence-electron chi connectivity index (χ2n) is 1.01. The molecular weight excluding hydrogens is 202 g/mol. The van der Waals surface area contributed by atoms with Crippen LogP contribution < -0.4 is 22.9 Å². The smallest absolute Gasteiger partial charge is 0.183 e. The van der Waals surface area contributed by atoms with E-state index in [-0.39, 0.29) is 24.3 Å².